The van der Waals surface area contributed by atoms with Crippen LogP contribution in [-0.4, -0.2) is 76.6 Å². The average Bonchev–Trinajstić information content (AvgIpc) is 3.44. The van der Waals surface area contributed by atoms with Crippen molar-refractivity contribution in [1.29, 1.82) is 0 Å². The fraction of sp³-hybridized carbons (Fsp3) is 0.440. The van der Waals surface area contributed by atoms with Gasteiger partial charge >= 0.3 is 0 Å². The molecule has 1 aromatic carbocycles. The maximum absolute atomic E-state index is 6.16. The van der Waals surface area contributed by atoms with Crippen LogP contribution in [0.5, 0.6) is 0 Å². The van der Waals surface area contributed by atoms with E-state index in [9.17, 15) is 0 Å². The molecule has 2 aliphatic heterocycles. The van der Waals surface area contributed by atoms with Crippen LogP contribution in [0.2, 0.25) is 0 Å². The van der Waals surface area contributed by atoms with Crippen LogP contribution in [0, 0.1) is 0 Å². The highest BCUT2D eigenvalue weighted by Crippen LogP contribution is 2.24. The molecule has 0 amide bonds. The molecule has 2 fully saturated rings. The predicted octanol–water partition coefficient (Wildman–Crippen LogP) is 3.05. The molecule has 33 heavy (non-hydrogen) atoms. The van der Waals surface area contributed by atoms with Gasteiger partial charge in [0.25, 0.3) is 0 Å². The number of ether oxygens (including phenoxy) is 1. The summed E-state index contributed by atoms with van der Waals surface area (Å²) in [6.07, 6.45) is 5.19. The molecule has 4 heterocycles. The van der Waals surface area contributed by atoms with E-state index in [1.165, 1.54) is 5.56 Å². The van der Waals surface area contributed by atoms with Gasteiger partial charge in [-0.25, -0.2) is 4.98 Å². The number of nitrogens with one attached hydrogen (secondary N) is 1. The summed E-state index contributed by atoms with van der Waals surface area (Å²) in [4.78, 5) is 14.6. The number of guanidine groups is 1. The SMILES string of the molecule is CCNC(=NCCc1cn2ccccc2n1)N1CC2OCCN(Cc3ccccc3)C2C1.I. The number of halogens is 1. The number of morpholine rings is 1. The van der Waals surface area contributed by atoms with Crippen LogP contribution in [0.3, 0.4) is 0 Å². The van der Waals surface area contributed by atoms with E-state index in [4.69, 9.17) is 14.7 Å². The van der Waals surface area contributed by atoms with Gasteiger partial charge in [0.15, 0.2) is 5.96 Å². The van der Waals surface area contributed by atoms with Crippen molar-refractivity contribution in [3.8, 4) is 0 Å². The molecule has 0 aliphatic carbocycles. The van der Waals surface area contributed by atoms with Gasteiger partial charge in [-0.1, -0.05) is 36.4 Å². The van der Waals surface area contributed by atoms with E-state index in [1.54, 1.807) is 0 Å². The van der Waals surface area contributed by atoms with Crippen molar-refractivity contribution in [3.05, 3.63) is 72.2 Å². The largest absolute Gasteiger partial charge is 0.373 e. The third kappa shape index (κ3) is 5.67. The topological polar surface area (TPSA) is 57.4 Å². The molecule has 1 N–H and O–H groups in total. The number of hydrogen-bond acceptors (Lipinski definition) is 4. The van der Waals surface area contributed by atoms with Gasteiger partial charge < -0.3 is 19.4 Å². The van der Waals surface area contributed by atoms with Crippen molar-refractivity contribution in [2.24, 2.45) is 4.99 Å². The Bertz CT molecular complexity index is 1020. The Morgan fingerprint density at radius 3 is 2.82 bits per heavy atom. The quantitative estimate of drug-likeness (QED) is 0.286. The first-order chi connectivity index (χ1) is 15.8. The van der Waals surface area contributed by atoms with Crippen molar-refractivity contribution in [3.63, 3.8) is 0 Å². The number of hydrogen-bond donors (Lipinski definition) is 1. The number of benzene rings is 1. The van der Waals surface area contributed by atoms with Crippen LogP contribution in [-0.2, 0) is 17.7 Å². The summed E-state index contributed by atoms with van der Waals surface area (Å²) in [5, 5.41) is 3.49. The number of rotatable bonds is 6. The summed E-state index contributed by atoms with van der Waals surface area (Å²) < 4.78 is 8.22. The maximum atomic E-state index is 6.16. The van der Waals surface area contributed by atoms with Crippen LogP contribution in [0.15, 0.2) is 65.9 Å². The van der Waals surface area contributed by atoms with E-state index in [1.807, 2.05) is 24.4 Å². The Hall–Kier alpha value is -2.17. The first-order valence-corrected chi connectivity index (χ1v) is 11.7. The molecular formula is C25H33IN6O. The molecule has 5 rings (SSSR count). The van der Waals surface area contributed by atoms with Gasteiger partial charge in [0.2, 0.25) is 0 Å². The number of nitrogens with zero attached hydrogens (tertiary/aromatic N) is 5. The van der Waals surface area contributed by atoms with Gasteiger partial charge in [-0.2, -0.15) is 0 Å². The molecule has 2 aliphatic rings. The van der Waals surface area contributed by atoms with Gasteiger partial charge in [0.1, 0.15) is 5.65 Å². The Balaban J connectivity index is 0.00000259. The molecule has 2 unspecified atom stereocenters. The molecule has 2 saturated heterocycles. The summed E-state index contributed by atoms with van der Waals surface area (Å²) in [6, 6.07) is 17.2. The Labute approximate surface area is 212 Å². The molecule has 0 saturated carbocycles. The third-order valence-electron chi connectivity index (χ3n) is 6.32. The highest BCUT2D eigenvalue weighted by atomic mass is 127. The number of pyridine rings is 1. The Morgan fingerprint density at radius 2 is 2.00 bits per heavy atom. The monoisotopic (exact) mass is 560 g/mol. The summed E-state index contributed by atoms with van der Waals surface area (Å²) in [6.45, 7) is 8.27. The highest BCUT2D eigenvalue weighted by Gasteiger charge is 2.41. The van der Waals surface area contributed by atoms with Gasteiger partial charge in [-0.3, -0.25) is 9.89 Å². The summed E-state index contributed by atoms with van der Waals surface area (Å²) in [7, 11) is 0. The van der Waals surface area contributed by atoms with E-state index in [0.29, 0.717) is 12.6 Å². The van der Waals surface area contributed by atoms with Gasteiger partial charge in [-0.15, -0.1) is 24.0 Å². The van der Waals surface area contributed by atoms with Crippen molar-refractivity contribution < 1.29 is 4.74 Å². The predicted molar refractivity (Wildman–Crippen MR) is 142 cm³/mol. The van der Waals surface area contributed by atoms with Gasteiger partial charge in [-0.05, 0) is 24.6 Å². The lowest BCUT2D eigenvalue weighted by Gasteiger charge is -2.36. The van der Waals surface area contributed by atoms with Crippen molar-refractivity contribution in [2.75, 3.05) is 39.3 Å². The number of imidazole rings is 1. The van der Waals surface area contributed by atoms with Crippen LogP contribution in [0.4, 0.5) is 0 Å². The van der Waals surface area contributed by atoms with E-state index in [-0.39, 0.29) is 30.1 Å². The fourth-order valence-electron chi connectivity index (χ4n) is 4.76. The molecule has 8 heteroatoms. The summed E-state index contributed by atoms with van der Waals surface area (Å²) in [5.74, 6) is 0.980. The second kappa shape index (κ2) is 11.3. The summed E-state index contributed by atoms with van der Waals surface area (Å²) in [5.41, 5.74) is 3.42. The summed E-state index contributed by atoms with van der Waals surface area (Å²) >= 11 is 0. The van der Waals surface area contributed by atoms with Crippen LogP contribution < -0.4 is 5.32 Å². The van der Waals surface area contributed by atoms with Crippen molar-refractivity contribution >= 4 is 35.6 Å². The molecule has 3 aromatic rings. The second-order valence-corrected chi connectivity index (χ2v) is 8.52. The highest BCUT2D eigenvalue weighted by molar-refractivity contribution is 14.0. The smallest absolute Gasteiger partial charge is 0.194 e. The third-order valence-corrected chi connectivity index (χ3v) is 6.32. The standard InChI is InChI=1S/C25H32N6O.HI/c1-2-26-25(27-12-11-21-17-30-13-7-6-10-24(30)28-21)31-18-22-23(19-31)32-15-14-29(22)16-20-8-4-3-5-9-20;/h3-10,13,17,22-23H,2,11-12,14-16,18-19H2,1H3,(H,26,27);1H. The fourth-order valence-corrected chi connectivity index (χ4v) is 4.76. The number of aromatic nitrogens is 2. The van der Waals surface area contributed by atoms with Crippen LogP contribution >= 0.6 is 24.0 Å². The van der Waals surface area contributed by atoms with E-state index in [2.05, 4.69) is 63.0 Å². The molecule has 0 spiro atoms. The Kier molecular flexibility index (Phi) is 8.21. The minimum Gasteiger partial charge on any atom is -0.373 e. The Morgan fingerprint density at radius 1 is 1.15 bits per heavy atom. The normalized spacial score (nSPS) is 21.1. The van der Waals surface area contributed by atoms with Gasteiger partial charge in [0, 0.05) is 58.1 Å². The lowest BCUT2D eigenvalue weighted by atomic mass is 10.1. The average molecular weight is 560 g/mol. The minimum absolute atomic E-state index is 0. The van der Waals surface area contributed by atoms with Crippen LogP contribution in [0.1, 0.15) is 18.2 Å². The van der Waals surface area contributed by atoms with Crippen molar-refractivity contribution in [1.82, 2.24) is 24.5 Å². The lowest BCUT2D eigenvalue weighted by molar-refractivity contribution is -0.0502. The number of fused-ring (bicyclic) bond motifs is 2. The molecule has 0 radical (unpaired) electrons. The second-order valence-electron chi connectivity index (χ2n) is 8.52. The maximum Gasteiger partial charge on any atom is 0.194 e. The van der Waals surface area contributed by atoms with Gasteiger partial charge in [0.05, 0.1) is 24.4 Å². The number of aliphatic imine (C=N–C) groups is 1. The lowest BCUT2D eigenvalue weighted by Crippen LogP contribution is -2.50. The van der Waals surface area contributed by atoms with E-state index in [0.717, 1.165) is 63.1 Å². The number of likely N-dealkylation sites (tertiary alicyclic amines) is 1. The van der Waals surface area contributed by atoms with E-state index < -0.39 is 0 Å². The molecule has 2 aromatic heterocycles. The molecule has 0 bridgehead atoms. The molecule has 176 valence electrons. The zero-order valence-electron chi connectivity index (χ0n) is 19.1. The van der Waals surface area contributed by atoms with E-state index >= 15 is 0 Å². The van der Waals surface area contributed by atoms with Crippen molar-refractivity contribution in [2.45, 2.75) is 32.0 Å². The minimum atomic E-state index is 0. The zero-order valence-corrected chi connectivity index (χ0v) is 21.5. The first kappa shape index (κ1) is 24.0. The zero-order chi connectivity index (χ0) is 21.8. The molecule has 7 nitrogen and oxygen atoms in total. The molecule has 2 atom stereocenters. The van der Waals surface area contributed by atoms with Crippen LogP contribution in [0.25, 0.3) is 5.65 Å². The molecular weight excluding hydrogens is 527 g/mol. The first-order valence-electron chi connectivity index (χ1n) is 11.7.